The summed E-state index contributed by atoms with van der Waals surface area (Å²) in [5.74, 6) is 2.52. The van der Waals surface area contributed by atoms with Crippen LogP contribution in [-0.2, 0) is 5.75 Å². The van der Waals surface area contributed by atoms with E-state index in [9.17, 15) is 0 Å². The van der Waals surface area contributed by atoms with Crippen LogP contribution in [0.1, 0.15) is 12.5 Å². The highest BCUT2D eigenvalue weighted by Gasteiger charge is 2.05. The van der Waals surface area contributed by atoms with Gasteiger partial charge in [-0.1, -0.05) is 29.3 Å². The lowest BCUT2D eigenvalue weighted by atomic mass is 10.2. The Morgan fingerprint density at radius 2 is 1.80 bits per heavy atom. The highest BCUT2D eigenvalue weighted by Crippen LogP contribution is 2.27. The van der Waals surface area contributed by atoms with Crippen molar-refractivity contribution in [2.24, 2.45) is 0 Å². The van der Waals surface area contributed by atoms with E-state index in [1.165, 1.54) is 0 Å². The van der Waals surface area contributed by atoms with Crippen LogP contribution in [0.25, 0.3) is 0 Å². The van der Waals surface area contributed by atoms with E-state index >= 15 is 0 Å². The third-order valence-corrected chi connectivity index (χ3v) is 5.20. The summed E-state index contributed by atoms with van der Waals surface area (Å²) in [4.78, 5) is 0. The summed E-state index contributed by atoms with van der Waals surface area (Å²) in [6.45, 7) is 3.38. The van der Waals surface area contributed by atoms with Crippen molar-refractivity contribution in [2.75, 3.05) is 24.2 Å². The maximum atomic E-state index is 6.16. The molecule has 0 atom stereocenters. The Labute approximate surface area is 168 Å². The standard InChI is InChI=1S/C18H20Cl2N2OS2/c1-2-23-14-8-6-13(7-9-14)22-18(24)21-10-11-25-12-15-16(19)4-3-5-17(15)20/h3-9H,2,10-12H2,1H3,(H2,21,22,24). The zero-order valence-corrected chi connectivity index (χ0v) is 17.0. The summed E-state index contributed by atoms with van der Waals surface area (Å²) in [5.41, 5.74) is 1.90. The van der Waals surface area contributed by atoms with Gasteiger partial charge in [-0.15, -0.1) is 0 Å². The number of thioether (sulfide) groups is 1. The predicted molar refractivity (Wildman–Crippen MR) is 114 cm³/mol. The van der Waals surface area contributed by atoms with Crippen molar-refractivity contribution in [3.8, 4) is 5.75 Å². The quantitative estimate of drug-likeness (QED) is 0.433. The van der Waals surface area contributed by atoms with Crippen molar-refractivity contribution >= 4 is 58.0 Å². The van der Waals surface area contributed by atoms with Crippen molar-refractivity contribution in [1.29, 1.82) is 0 Å². The first kappa shape index (κ1) is 20.2. The Hall–Kier alpha value is -1.14. The molecule has 0 aliphatic rings. The first-order valence-electron chi connectivity index (χ1n) is 7.88. The largest absolute Gasteiger partial charge is 0.494 e. The molecule has 0 bridgehead atoms. The Morgan fingerprint density at radius 3 is 2.44 bits per heavy atom. The molecule has 0 heterocycles. The van der Waals surface area contributed by atoms with E-state index in [0.29, 0.717) is 21.8 Å². The average molecular weight is 415 g/mol. The van der Waals surface area contributed by atoms with Gasteiger partial charge in [0.1, 0.15) is 5.75 Å². The molecule has 0 aliphatic carbocycles. The molecular formula is C18H20Cl2N2OS2. The van der Waals surface area contributed by atoms with E-state index in [4.69, 9.17) is 40.2 Å². The van der Waals surface area contributed by atoms with Gasteiger partial charge >= 0.3 is 0 Å². The fourth-order valence-corrected chi connectivity index (χ4v) is 3.87. The second-order valence-corrected chi connectivity index (χ2v) is 7.42. The van der Waals surface area contributed by atoms with Gasteiger partial charge in [0.05, 0.1) is 6.61 Å². The van der Waals surface area contributed by atoms with Crippen molar-refractivity contribution in [3.05, 3.63) is 58.1 Å². The highest BCUT2D eigenvalue weighted by atomic mass is 35.5. The Kier molecular flexibility index (Phi) is 8.68. The van der Waals surface area contributed by atoms with Gasteiger partial charge in [0.2, 0.25) is 0 Å². The third-order valence-electron chi connectivity index (χ3n) is 3.26. The number of thiocarbonyl (C=S) groups is 1. The smallest absolute Gasteiger partial charge is 0.170 e. The van der Waals surface area contributed by atoms with Gasteiger partial charge in [-0.3, -0.25) is 0 Å². The number of ether oxygens (including phenoxy) is 1. The Morgan fingerprint density at radius 1 is 1.12 bits per heavy atom. The molecular weight excluding hydrogens is 395 g/mol. The van der Waals surface area contributed by atoms with E-state index in [0.717, 1.165) is 35.1 Å². The molecule has 0 amide bonds. The number of benzene rings is 2. The fourth-order valence-electron chi connectivity index (χ4n) is 2.06. The molecule has 2 N–H and O–H groups in total. The number of rotatable bonds is 8. The van der Waals surface area contributed by atoms with Gasteiger partial charge in [-0.25, -0.2) is 0 Å². The zero-order valence-electron chi connectivity index (χ0n) is 13.9. The third kappa shape index (κ3) is 6.94. The predicted octanol–water partition coefficient (Wildman–Crippen LogP) is 5.61. The molecule has 3 nitrogen and oxygen atoms in total. The molecule has 134 valence electrons. The van der Waals surface area contributed by atoms with E-state index in [1.54, 1.807) is 11.8 Å². The van der Waals surface area contributed by atoms with Crippen molar-refractivity contribution in [2.45, 2.75) is 12.7 Å². The zero-order chi connectivity index (χ0) is 18.1. The summed E-state index contributed by atoms with van der Waals surface area (Å²) in [7, 11) is 0. The van der Waals surface area contributed by atoms with Crippen molar-refractivity contribution in [3.63, 3.8) is 0 Å². The van der Waals surface area contributed by atoms with Gasteiger partial charge in [0.25, 0.3) is 0 Å². The molecule has 0 aliphatic heterocycles. The molecule has 2 rings (SSSR count). The van der Waals surface area contributed by atoms with Crippen LogP contribution in [0.15, 0.2) is 42.5 Å². The normalized spacial score (nSPS) is 10.4. The summed E-state index contributed by atoms with van der Waals surface area (Å²) < 4.78 is 5.41. The van der Waals surface area contributed by atoms with E-state index in [-0.39, 0.29) is 0 Å². The van der Waals surface area contributed by atoms with Gasteiger partial charge in [0.15, 0.2) is 5.11 Å². The minimum absolute atomic E-state index is 0.598. The lowest BCUT2D eigenvalue weighted by Crippen LogP contribution is -2.30. The van der Waals surface area contributed by atoms with Gasteiger partial charge in [-0.05, 0) is 61.1 Å². The SMILES string of the molecule is CCOc1ccc(NC(=S)NCCSCc2c(Cl)cccc2Cl)cc1. The number of anilines is 1. The van der Waals surface area contributed by atoms with Crippen LogP contribution >= 0.6 is 47.2 Å². The molecule has 0 radical (unpaired) electrons. The highest BCUT2D eigenvalue weighted by molar-refractivity contribution is 7.98. The van der Waals surface area contributed by atoms with Crippen molar-refractivity contribution in [1.82, 2.24) is 5.32 Å². The molecule has 0 unspecified atom stereocenters. The second-order valence-electron chi connectivity index (χ2n) is 5.09. The Balaban J connectivity index is 1.67. The topological polar surface area (TPSA) is 33.3 Å². The van der Waals surface area contributed by atoms with Crippen molar-refractivity contribution < 1.29 is 4.74 Å². The van der Waals surface area contributed by atoms with Gasteiger partial charge in [0, 0.05) is 33.8 Å². The maximum Gasteiger partial charge on any atom is 0.170 e. The minimum Gasteiger partial charge on any atom is -0.494 e. The second kappa shape index (κ2) is 10.8. The first-order chi connectivity index (χ1) is 12.1. The Bertz CT molecular complexity index is 676. The molecule has 0 fully saturated rings. The van der Waals surface area contributed by atoms with Crippen LogP contribution in [0.4, 0.5) is 5.69 Å². The fraction of sp³-hybridized carbons (Fsp3) is 0.278. The molecule has 0 spiro atoms. The molecule has 0 saturated carbocycles. The molecule has 2 aromatic rings. The number of halogens is 2. The van der Waals surface area contributed by atoms with Crippen LogP contribution in [-0.4, -0.2) is 24.0 Å². The average Bonchev–Trinajstić information content (AvgIpc) is 2.59. The first-order valence-corrected chi connectivity index (χ1v) is 10.2. The molecule has 2 aromatic carbocycles. The minimum atomic E-state index is 0.598. The van der Waals surface area contributed by atoms with Crippen LogP contribution in [0, 0.1) is 0 Å². The summed E-state index contributed by atoms with van der Waals surface area (Å²) >= 11 is 19.4. The number of hydrogen-bond donors (Lipinski definition) is 2. The molecule has 7 heteroatoms. The van der Waals surface area contributed by atoms with Crippen LogP contribution in [0.5, 0.6) is 5.75 Å². The van der Waals surface area contributed by atoms with Crippen LogP contribution in [0.3, 0.4) is 0 Å². The molecule has 0 saturated heterocycles. The van der Waals surface area contributed by atoms with Crippen LogP contribution < -0.4 is 15.4 Å². The summed E-state index contributed by atoms with van der Waals surface area (Å²) in [5, 5.41) is 8.36. The van der Waals surface area contributed by atoms with Gasteiger partial charge < -0.3 is 15.4 Å². The van der Waals surface area contributed by atoms with E-state index in [2.05, 4.69) is 10.6 Å². The number of hydrogen-bond acceptors (Lipinski definition) is 3. The van der Waals surface area contributed by atoms with E-state index in [1.807, 2.05) is 49.4 Å². The lowest BCUT2D eigenvalue weighted by molar-refractivity contribution is 0.340. The maximum absolute atomic E-state index is 6.16. The van der Waals surface area contributed by atoms with E-state index < -0.39 is 0 Å². The number of nitrogens with one attached hydrogen (secondary N) is 2. The summed E-state index contributed by atoms with van der Waals surface area (Å²) in [6.07, 6.45) is 0. The van der Waals surface area contributed by atoms with Gasteiger partial charge in [-0.2, -0.15) is 11.8 Å². The summed E-state index contributed by atoms with van der Waals surface area (Å²) in [6, 6.07) is 13.3. The molecule has 0 aromatic heterocycles. The molecule has 25 heavy (non-hydrogen) atoms. The lowest BCUT2D eigenvalue weighted by Gasteiger charge is -2.11. The van der Waals surface area contributed by atoms with Crippen LogP contribution in [0.2, 0.25) is 10.0 Å². The monoisotopic (exact) mass is 414 g/mol.